The molecule has 0 spiro atoms. The van der Waals surface area contributed by atoms with Crippen LogP contribution in [0.1, 0.15) is 30.0 Å². The van der Waals surface area contributed by atoms with Crippen LogP contribution in [0.4, 0.5) is 5.69 Å². The first-order chi connectivity index (χ1) is 17.9. The Morgan fingerprint density at radius 2 is 1.62 bits per heavy atom. The van der Waals surface area contributed by atoms with Crippen LogP contribution in [0.25, 0.3) is 0 Å². The fourth-order valence-corrected chi connectivity index (χ4v) is 4.89. The molecule has 2 amide bonds. The Bertz CT molecular complexity index is 1170. The minimum absolute atomic E-state index is 0.0346. The van der Waals surface area contributed by atoms with Crippen molar-refractivity contribution in [1.82, 2.24) is 10.2 Å². The summed E-state index contributed by atoms with van der Waals surface area (Å²) in [6, 6.07) is 23.1. The van der Waals surface area contributed by atoms with Gasteiger partial charge in [0.05, 0.1) is 10.7 Å². The molecule has 0 fully saturated rings. The maximum absolute atomic E-state index is 13.6. The normalized spacial score (nSPS) is 11.5. The molecule has 0 aromatic heterocycles. The van der Waals surface area contributed by atoms with E-state index in [1.54, 1.807) is 17.0 Å². The van der Waals surface area contributed by atoms with E-state index in [-0.39, 0.29) is 23.3 Å². The van der Waals surface area contributed by atoms with E-state index in [1.807, 2.05) is 61.5 Å². The molecule has 0 saturated carbocycles. The Labute approximate surface area is 229 Å². The van der Waals surface area contributed by atoms with E-state index in [9.17, 15) is 19.7 Å². The Balaban J connectivity index is 1.80. The molecule has 0 aliphatic carbocycles. The maximum atomic E-state index is 13.6. The van der Waals surface area contributed by atoms with Gasteiger partial charge in [0.1, 0.15) is 6.04 Å². The molecule has 0 bridgehead atoms. The van der Waals surface area contributed by atoms with Gasteiger partial charge in [-0.2, -0.15) is 0 Å². The summed E-state index contributed by atoms with van der Waals surface area (Å²) in [5.74, 6) is 0.403. The lowest BCUT2D eigenvalue weighted by atomic mass is 10.0. The van der Waals surface area contributed by atoms with Gasteiger partial charge >= 0.3 is 0 Å². The monoisotopic (exact) mass is 583 g/mol. The van der Waals surface area contributed by atoms with Crippen molar-refractivity contribution in [1.29, 1.82) is 0 Å². The smallest absolute Gasteiger partial charge is 0.269 e. The zero-order valence-electron chi connectivity index (χ0n) is 20.6. The lowest BCUT2D eigenvalue weighted by Gasteiger charge is -2.31. The van der Waals surface area contributed by atoms with Crippen LogP contribution in [0.3, 0.4) is 0 Å². The van der Waals surface area contributed by atoms with Crippen LogP contribution in [0.15, 0.2) is 83.3 Å². The molecule has 0 aliphatic heterocycles. The average Bonchev–Trinajstić information content (AvgIpc) is 2.91. The molecule has 7 nitrogen and oxygen atoms in total. The van der Waals surface area contributed by atoms with Gasteiger partial charge in [0.2, 0.25) is 11.8 Å². The molecule has 0 saturated heterocycles. The third kappa shape index (κ3) is 9.02. The number of nitrogens with one attached hydrogen (secondary N) is 1. The largest absolute Gasteiger partial charge is 0.354 e. The number of nitro benzene ring substituents is 1. The van der Waals surface area contributed by atoms with Gasteiger partial charge < -0.3 is 10.2 Å². The van der Waals surface area contributed by atoms with Crippen molar-refractivity contribution >= 4 is 45.2 Å². The Hall–Kier alpha value is -3.17. The summed E-state index contributed by atoms with van der Waals surface area (Å²) in [6.07, 6.45) is 1.21. The van der Waals surface area contributed by atoms with Crippen molar-refractivity contribution < 1.29 is 14.5 Å². The predicted molar refractivity (Wildman–Crippen MR) is 151 cm³/mol. The van der Waals surface area contributed by atoms with Gasteiger partial charge in [0.15, 0.2) is 0 Å². The standard InChI is InChI=1S/C28H30BrN3O4S/c1-2-16-30-28(34)26(17-21-6-4-3-5-7-21)31(18-22-8-12-24(29)13-9-22)27(33)20-37-19-23-10-14-25(15-11-23)32(35)36/h3-15,26H,2,16-20H2,1H3,(H,30,34)/t26-/m1/s1. The zero-order valence-corrected chi connectivity index (χ0v) is 23.0. The molecule has 37 heavy (non-hydrogen) atoms. The topological polar surface area (TPSA) is 92.6 Å². The number of hydrogen-bond donors (Lipinski definition) is 1. The number of carbonyl (C=O) groups excluding carboxylic acids is 2. The molecule has 3 rings (SSSR count). The van der Waals surface area contributed by atoms with Crippen molar-refractivity contribution in [2.24, 2.45) is 0 Å². The molecule has 194 valence electrons. The van der Waals surface area contributed by atoms with Gasteiger partial charge in [-0.15, -0.1) is 11.8 Å². The van der Waals surface area contributed by atoms with Gasteiger partial charge in [-0.25, -0.2) is 0 Å². The second kappa shape index (κ2) is 14.5. The quantitative estimate of drug-likeness (QED) is 0.204. The summed E-state index contributed by atoms with van der Waals surface area (Å²) in [7, 11) is 0. The number of halogens is 1. The number of nitrogens with zero attached hydrogens (tertiary/aromatic N) is 2. The molecular weight excluding hydrogens is 554 g/mol. The highest BCUT2D eigenvalue weighted by atomic mass is 79.9. The molecule has 0 aliphatic rings. The van der Waals surface area contributed by atoms with Crippen LogP contribution in [0.5, 0.6) is 0 Å². The first kappa shape index (κ1) is 28.4. The molecule has 3 aromatic rings. The molecular formula is C28H30BrN3O4S. The van der Waals surface area contributed by atoms with Crippen LogP contribution >= 0.6 is 27.7 Å². The van der Waals surface area contributed by atoms with Crippen molar-refractivity contribution in [3.05, 3.63) is 110 Å². The third-order valence-electron chi connectivity index (χ3n) is 5.73. The fourth-order valence-electron chi connectivity index (χ4n) is 3.76. The van der Waals surface area contributed by atoms with Gasteiger partial charge in [-0.1, -0.05) is 77.5 Å². The van der Waals surface area contributed by atoms with Crippen LogP contribution in [-0.4, -0.2) is 40.0 Å². The SMILES string of the molecule is CCCNC(=O)[C@@H](Cc1ccccc1)N(Cc1ccc(Br)cc1)C(=O)CSCc1ccc([N+](=O)[O-])cc1. The van der Waals surface area contributed by atoms with Gasteiger partial charge in [-0.05, 0) is 35.2 Å². The van der Waals surface area contributed by atoms with Crippen molar-refractivity contribution in [3.8, 4) is 0 Å². The summed E-state index contributed by atoms with van der Waals surface area (Å²) < 4.78 is 0.939. The second-order valence-corrected chi connectivity index (χ2v) is 10.5. The van der Waals surface area contributed by atoms with Crippen molar-refractivity contribution in [2.75, 3.05) is 12.3 Å². The zero-order chi connectivity index (χ0) is 26.6. The van der Waals surface area contributed by atoms with Crippen molar-refractivity contribution in [3.63, 3.8) is 0 Å². The van der Waals surface area contributed by atoms with Gasteiger partial charge in [0, 0.05) is 41.9 Å². The summed E-state index contributed by atoms with van der Waals surface area (Å²) >= 11 is 4.87. The minimum atomic E-state index is -0.662. The van der Waals surface area contributed by atoms with E-state index in [0.29, 0.717) is 25.3 Å². The van der Waals surface area contributed by atoms with Crippen molar-refractivity contribution in [2.45, 2.75) is 38.1 Å². The van der Waals surface area contributed by atoms with E-state index in [4.69, 9.17) is 0 Å². The number of benzene rings is 3. The molecule has 0 radical (unpaired) electrons. The number of non-ortho nitro benzene ring substituents is 1. The molecule has 3 aromatic carbocycles. The number of hydrogen-bond acceptors (Lipinski definition) is 5. The predicted octanol–water partition coefficient (Wildman–Crippen LogP) is 5.76. The third-order valence-corrected chi connectivity index (χ3v) is 7.25. The number of thioether (sulfide) groups is 1. The Kier molecular flexibility index (Phi) is 11.2. The summed E-state index contributed by atoms with van der Waals surface area (Å²) in [5.41, 5.74) is 2.83. The minimum Gasteiger partial charge on any atom is -0.354 e. The van der Waals surface area contributed by atoms with E-state index in [0.717, 1.165) is 27.6 Å². The second-order valence-electron chi connectivity index (χ2n) is 8.56. The highest BCUT2D eigenvalue weighted by molar-refractivity contribution is 9.10. The molecule has 0 unspecified atom stereocenters. The highest BCUT2D eigenvalue weighted by Crippen LogP contribution is 2.21. The molecule has 1 N–H and O–H groups in total. The van der Waals surface area contributed by atoms with Gasteiger partial charge in [0.25, 0.3) is 5.69 Å². The lowest BCUT2D eigenvalue weighted by molar-refractivity contribution is -0.384. The number of carbonyl (C=O) groups is 2. The Morgan fingerprint density at radius 3 is 2.24 bits per heavy atom. The Morgan fingerprint density at radius 1 is 0.973 bits per heavy atom. The van der Waals surface area contributed by atoms with Gasteiger partial charge in [-0.3, -0.25) is 19.7 Å². The molecule has 1 atom stereocenters. The van der Waals surface area contributed by atoms with E-state index >= 15 is 0 Å². The summed E-state index contributed by atoms with van der Waals surface area (Å²) in [5, 5.41) is 13.9. The maximum Gasteiger partial charge on any atom is 0.269 e. The van der Waals surface area contributed by atoms with Crippen LogP contribution in [0.2, 0.25) is 0 Å². The van der Waals surface area contributed by atoms with E-state index in [1.165, 1.54) is 23.9 Å². The number of amides is 2. The lowest BCUT2D eigenvalue weighted by Crippen LogP contribution is -2.51. The van der Waals surface area contributed by atoms with Crippen LogP contribution in [-0.2, 0) is 28.3 Å². The number of nitro groups is 1. The average molecular weight is 585 g/mol. The van der Waals surface area contributed by atoms with Crippen LogP contribution in [0, 0.1) is 10.1 Å². The summed E-state index contributed by atoms with van der Waals surface area (Å²) in [6.45, 7) is 2.84. The molecule has 0 heterocycles. The fraction of sp³-hybridized carbons (Fsp3) is 0.286. The first-order valence-electron chi connectivity index (χ1n) is 12.0. The molecule has 9 heteroatoms. The van der Waals surface area contributed by atoms with E-state index < -0.39 is 11.0 Å². The first-order valence-corrected chi connectivity index (χ1v) is 14.0. The summed E-state index contributed by atoms with van der Waals surface area (Å²) in [4.78, 5) is 39.0. The highest BCUT2D eigenvalue weighted by Gasteiger charge is 2.30. The van der Waals surface area contributed by atoms with Crippen LogP contribution < -0.4 is 5.32 Å². The van der Waals surface area contributed by atoms with E-state index in [2.05, 4.69) is 21.2 Å². The number of rotatable bonds is 13.